The van der Waals surface area contributed by atoms with Crippen LogP contribution in [0.25, 0.3) is 0 Å². The summed E-state index contributed by atoms with van der Waals surface area (Å²) in [6.45, 7) is 0.113. The van der Waals surface area contributed by atoms with Crippen molar-refractivity contribution in [2.24, 2.45) is 0 Å². The maximum absolute atomic E-state index is 11.3. The molecule has 4 N–H and O–H groups in total. The molecule has 2 aliphatic heterocycles. The van der Waals surface area contributed by atoms with Gasteiger partial charge in [-0.3, -0.25) is 0 Å². The lowest BCUT2D eigenvalue weighted by Crippen LogP contribution is -2.71. The highest BCUT2D eigenvalue weighted by atomic mass is 16.6. The molecule has 8 nitrogen and oxygen atoms in total. The van der Waals surface area contributed by atoms with Gasteiger partial charge in [0, 0.05) is 19.3 Å². The molecule has 0 spiro atoms. The molecular weight excluding hydrogens is 258 g/mol. The minimum absolute atomic E-state index is 0.00792. The molecule has 0 aromatic rings. The molecule has 2 fully saturated rings. The van der Waals surface area contributed by atoms with Gasteiger partial charge in [-0.2, -0.15) is 0 Å². The van der Waals surface area contributed by atoms with Gasteiger partial charge in [-0.05, 0) is 0 Å². The highest BCUT2D eigenvalue weighted by Crippen LogP contribution is 2.39. The largest absolute Gasteiger partial charge is 0.547 e. The Balaban J connectivity index is 2.14. The number of hydrogen-bond donors (Lipinski definition) is 2. The average molecular weight is 274 g/mol. The first kappa shape index (κ1) is 14.2. The van der Waals surface area contributed by atoms with E-state index in [0.29, 0.717) is 0 Å². The second-order valence-corrected chi connectivity index (χ2v) is 5.12. The fourth-order valence-corrected chi connectivity index (χ4v) is 2.63. The Morgan fingerprint density at radius 2 is 2.11 bits per heavy atom. The number of carboxylic acids is 2. The number of aliphatic hydroxyl groups excluding tert-OH is 1. The zero-order valence-electron chi connectivity index (χ0n) is 10.2. The van der Waals surface area contributed by atoms with Crippen molar-refractivity contribution in [2.45, 2.75) is 49.2 Å². The molecule has 0 unspecified atom stereocenters. The number of hydrogen-bond acceptors (Lipinski definition) is 7. The number of carbonyl (C=O) groups excluding carboxylic acids is 2. The molecule has 0 aromatic heterocycles. The molecule has 2 aliphatic rings. The zero-order valence-corrected chi connectivity index (χ0v) is 10.2. The lowest BCUT2D eigenvalue weighted by molar-refractivity contribution is -0.444. The predicted molar refractivity (Wildman–Crippen MR) is 53.9 cm³/mol. The van der Waals surface area contributed by atoms with E-state index < -0.39 is 41.9 Å². The third kappa shape index (κ3) is 2.71. The SMILES string of the molecule is [NH3+][C@@H](C[C@]1(C(=O)[O-])C[C@H]2OC[C@@H](O)C[C@H]2O1)C(=O)[O-]. The fourth-order valence-electron chi connectivity index (χ4n) is 2.63. The molecule has 108 valence electrons. The Morgan fingerprint density at radius 1 is 1.42 bits per heavy atom. The maximum Gasteiger partial charge on any atom is 0.128 e. The third-order valence-electron chi connectivity index (χ3n) is 3.61. The van der Waals surface area contributed by atoms with Crippen LogP contribution < -0.4 is 15.9 Å². The number of rotatable bonds is 4. The van der Waals surface area contributed by atoms with E-state index in [1.165, 1.54) is 0 Å². The van der Waals surface area contributed by atoms with E-state index in [4.69, 9.17) is 9.47 Å². The standard InChI is InChI=1S/C11H17NO7/c12-6(9(14)15)2-11(10(16)17)3-8-7(19-11)1-5(13)4-18-8/h5-8,13H,1-4,12H2,(H,14,15)(H,16,17)/p-1/t5-,6-,7+,8+,11+/m0/s1. The van der Waals surface area contributed by atoms with E-state index in [2.05, 4.69) is 5.73 Å². The Labute approximate surface area is 109 Å². The number of carboxylic acid groups (broad SMARTS) is 2. The number of carbonyl (C=O) groups is 2. The van der Waals surface area contributed by atoms with Gasteiger partial charge in [-0.15, -0.1) is 0 Å². The van der Waals surface area contributed by atoms with Gasteiger partial charge in [-0.25, -0.2) is 0 Å². The fraction of sp³-hybridized carbons (Fsp3) is 0.818. The van der Waals surface area contributed by atoms with E-state index in [1.807, 2.05) is 0 Å². The molecule has 2 saturated heterocycles. The number of quaternary nitrogens is 1. The van der Waals surface area contributed by atoms with Crippen LogP contribution in [-0.4, -0.2) is 53.6 Å². The second-order valence-electron chi connectivity index (χ2n) is 5.12. The summed E-state index contributed by atoms with van der Waals surface area (Å²) in [4.78, 5) is 22.0. The molecule has 5 atom stereocenters. The van der Waals surface area contributed by atoms with Crippen molar-refractivity contribution in [1.29, 1.82) is 0 Å². The summed E-state index contributed by atoms with van der Waals surface area (Å²) in [7, 11) is 0. The van der Waals surface area contributed by atoms with Gasteiger partial charge < -0.3 is 40.1 Å². The van der Waals surface area contributed by atoms with Gasteiger partial charge in [0.25, 0.3) is 0 Å². The van der Waals surface area contributed by atoms with Gasteiger partial charge in [0.1, 0.15) is 11.6 Å². The molecule has 0 radical (unpaired) electrons. The predicted octanol–water partition coefficient (Wildman–Crippen LogP) is -4.84. The quantitative estimate of drug-likeness (QED) is 0.522. The van der Waals surface area contributed by atoms with E-state index >= 15 is 0 Å². The van der Waals surface area contributed by atoms with Crippen molar-refractivity contribution in [3.8, 4) is 0 Å². The van der Waals surface area contributed by atoms with Gasteiger partial charge >= 0.3 is 0 Å². The van der Waals surface area contributed by atoms with Crippen LogP contribution >= 0.6 is 0 Å². The summed E-state index contributed by atoms with van der Waals surface area (Å²) in [6, 6.07) is -1.22. The van der Waals surface area contributed by atoms with E-state index in [1.54, 1.807) is 0 Å². The number of aliphatic hydroxyl groups is 1. The summed E-state index contributed by atoms with van der Waals surface area (Å²) in [5.41, 5.74) is 1.59. The Hall–Kier alpha value is -1.22. The topological polar surface area (TPSA) is 147 Å². The lowest BCUT2D eigenvalue weighted by atomic mass is 9.90. The Morgan fingerprint density at radius 3 is 2.68 bits per heavy atom. The first-order valence-corrected chi connectivity index (χ1v) is 6.07. The van der Waals surface area contributed by atoms with Crippen molar-refractivity contribution in [3.63, 3.8) is 0 Å². The summed E-state index contributed by atoms with van der Waals surface area (Å²) >= 11 is 0. The first-order valence-electron chi connectivity index (χ1n) is 6.07. The monoisotopic (exact) mass is 274 g/mol. The van der Waals surface area contributed by atoms with Crippen molar-refractivity contribution < 1.29 is 40.1 Å². The molecule has 19 heavy (non-hydrogen) atoms. The zero-order chi connectivity index (χ0) is 14.2. The van der Waals surface area contributed by atoms with Crippen LogP contribution in [0.2, 0.25) is 0 Å². The van der Waals surface area contributed by atoms with Crippen LogP contribution in [0.1, 0.15) is 19.3 Å². The molecule has 0 amide bonds. The third-order valence-corrected chi connectivity index (χ3v) is 3.61. The normalized spacial score (nSPS) is 39.6. The van der Waals surface area contributed by atoms with Gasteiger partial charge in [-0.1, -0.05) is 0 Å². The van der Waals surface area contributed by atoms with E-state index in [0.717, 1.165) is 0 Å². The molecule has 0 aliphatic carbocycles. The number of aliphatic carboxylic acids is 2. The molecule has 0 saturated carbocycles. The Kier molecular flexibility index (Phi) is 3.77. The van der Waals surface area contributed by atoms with E-state index in [9.17, 15) is 24.9 Å². The second kappa shape index (κ2) is 5.04. The van der Waals surface area contributed by atoms with Gasteiger partial charge in [0.15, 0.2) is 0 Å². The molecule has 8 heteroatoms. The van der Waals surface area contributed by atoms with Gasteiger partial charge in [0.05, 0.1) is 36.9 Å². The Bertz CT molecular complexity index is 387. The smallest absolute Gasteiger partial charge is 0.128 e. The van der Waals surface area contributed by atoms with Crippen molar-refractivity contribution in [1.82, 2.24) is 0 Å². The van der Waals surface area contributed by atoms with Crippen LogP contribution in [-0.2, 0) is 19.1 Å². The van der Waals surface area contributed by atoms with Crippen LogP contribution in [0, 0.1) is 0 Å². The van der Waals surface area contributed by atoms with Crippen LogP contribution in [0.4, 0.5) is 0 Å². The number of fused-ring (bicyclic) bond motifs is 1. The van der Waals surface area contributed by atoms with Crippen molar-refractivity contribution in [2.75, 3.05) is 6.61 Å². The molecule has 0 bridgehead atoms. The summed E-state index contributed by atoms with van der Waals surface area (Å²) in [6.07, 6.45) is -1.86. The molecule has 2 rings (SSSR count). The average Bonchev–Trinajstić information content (AvgIpc) is 2.67. The van der Waals surface area contributed by atoms with Crippen LogP contribution in [0.5, 0.6) is 0 Å². The number of ether oxygens (including phenoxy) is 2. The lowest BCUT2D eigenvalue weighted by Gasteiger charge is -2.32. The molecule has 2 heterocycles. The van der Waals surface area contributed by atoms with Crippen LogP contribution in [0.15, 0.2) is 0 Å². The summed E-state index contributed by atoms with van der Waals surface area (Å²) in [5, 5.41) is 31.5. The molecule has 0 aromatic carbocycles. The van der Waals surface area contributed by atoms with Crippen molar-refractivity contribution in [3.05, 3.63) is 0 Å². The highest BCUT2D eigenvalue weighted by molar-refractivity contribution is 5.78. The minimum atomic E-state index is -1.74. The van der Waals surface area contributed by atoms with Crippen LogP contribution in [0.3, 0.4) is 0 Å². The first-order chi connectivity index (χ1) is 8.84. The van der Waals surface area contributed by atoms with Crippen molar-refractivity contribution >= 4 is 11.9 Å². The summed E-state index contributed by atoms with van der Waals surface area (Å²) in [5.74, 6) is -2.94. The minimum Gasteiger partial charge on any atom is -0.547 e. The molecular formula is C11H16NO7-. The highest BCUT2D eigenvalue weighted by Gasteiger charge is 2.51. The summed E-state index contributed by atoms with van der Waals surface area (Å²) < 4.78 is 10.7. The maximum atomic E-state index is 11.3. The van der Waals surface area contributed by atoms with E-state index in [-0.39, 0.29) is 25.9 Å². The van der Waals surface area contributed by atoms with Gasteiger partial charge in [0.2, 0.25) is 0 Å².